The molecule has 170 valence electrons. The predicted octanol–water partition coefficient (Wildman–Crippen LogP) is 7.36. The van der Waals surface area contributed by atoms with E-state index in [1.54, 1.807) is 6.07 Å². The van der Waals surface area contributed by atoms with Gasteiger partial charge in [0.05, 0.1) is 17.0 Å². The van der Waals surface area contributed by atoms with Gasteiger partial charge >= 0.3 is 6.18 Å². The van der Waals surface area contributed by atoms with Crippen molar-refractivity contribution in [2.24, 2.45) is 0 Å². The molecule has 34 heavy (non-hydrogen) atoms. The molecule has 3 aromatic carbocycles. The fourth-order valence-corrected chi connectivity index (χ4v) is 4.62. The van der Waals surface area contributed by atoms with Crippen LogP contribution in [0, 0.1) is 0 Å². The van der Waals surface area contributed by atoms with Gasteiger partial charge in [-0.2, -0.15) is 13.2 Å². The van der Waals surface area contributed by atoms with Crippen LogP contribution in [0.5, 0.6) is 0 Å². The van der Waals surface area contributed by atoms with E-state index in [0.29, 0.717) is 0 Å². The lowest BCUT2D eigenvalue weighted by molar-refractivity contribution is -0.137. The number of imide groups is 1. The van der Waals surface area contributed by atoms with Crippen LogP contribution in [-0.2, 0) is 17.5 Å². The molecule has 0 aliphatic carbocycles. The average Bonchev–Trinajstić information content (AvgIpc) is 3.39. The minimum atomic E-state index is -4.46. The molecule has 0 radical (unpaired) electrons. The topological polar surface area (TPSA) is 50.5 Å². The molecule has 8 heteroatoms. The normalized spacial score (nSPS) is 15.6. The number of alkyl halides is 3. The van der Waals surface area contributed by atoms with Crippen LogP contribution in [-0.4, -0.2) is 16.0 Å². The maximum atomic E-state index is 13.0. The Kier molecular flexibility index (Phi) is 5.53. The summed E-state index contributed by atoms with van der Waals surface area (Å²) >= 11 is 0.802. The van der Waals surface area contributed by atoms with Crippen molar-refractivity contribution in [2.75, 3.05) is 0 Å². The van der Waals surface area contributed by atoms with Crippen LogP contribution in [0.2, 0.25) is 0 Å². The lowest BCUT2D eigenvalue weighted by Crippen LogP contribution is -2.27. The Morgan fingerprint density at radius 3 is 2.50 bits per heavy atom. The Morgan fingerprint density at radius 2 is 1.68 bits per heavy atom. The van der Waals surface area contributed by atoms with Crippen LogP contribution < -0.4 is 0 Å². The fraction of sp³-hybridized carbons (Fsp3) is 0.0769. The van der Waals surface area contributed by atoms with Crippen molar-refractivity contribution < 1.29 is 27.2 Å². The number of thioether (sulfide) groups is 1. The molecule has 0 bridgehead atoms. The van der Waals surface area contributed by atoms with Crippen LogP contribution in [0.4, 0.5) is 18.0 Å². The first-order chi connectivity index (χ1) is 16.3. The van der Waals surface area contributed by atoms with Crippen LogP contribution in [0.3, 0.4) is 0 Å². The summed E-state index contributed by atoms with van der Waals surface area (Å²) in [7, 11) is 0. The van der Waals surface area contributed by atoms with Gasteiger partial charge in [0.1, 0.15) is 11.5 Å². The van der Waals surface area contributed by atoms with Crippen LogP contribution >= 0.6 is 11.8 Å². The number of hydrogen-bond donors (Lipinski definition) is 0. The highest BCUT2D eigenvalue weighted by molar-refractivity contribution is 8.18. The number of fused-ring (bicyclic) bond motifs is 1. The number of carbonyl (C=O) groups is 2. The van der Waals surface area contributed by atoms with Gasteiger partial charge < -0.3 is 4.42 Å². The Balaban J connectivity index is 1.38. The SMILES string of the molecule is O=C1S/C(=C\c2ccc(-c3cccc(C(F)(F)F)c3)o2)C(=O)N1Cc1cccc2ccccc12. The molecular formula is C26H16F3NO3S. The molecule has 4 aromatic rings. The van der Waals surface area contributed by atoms with Crippen molar-refractivity contribution in [3.05, 3.63) is 101 Å². The highest BCUT2D eigenvalue weighted by atomic mass is 32.2. The summed E-state index contributed by atoms with van der Waals surface area (Å²) in [4.78, 5) is 26.9. The van der Waals surface area contributed by atoms with E-state index >= 15 is 0 Å². The minimum Gasteiger partial charge on any atom is -0.457 e. The van der Waals surface area contributed by atoms with E-state index in [4.69, 9.17) is 4.42 Å². The molecule has 0 N–H and O–H groups in total. The van der Waals surface area contributed by atoms with Gasteiger partial charge in [0.15, 0.2) is 0 Å². The zero-order valence-corrected chi connectivity index (χ0v) is 18.3. The van der Waals surface area contributed by atoms with Gasteiger partial charge in [0, 0.05) is 11.6 Å². The van der Waals surface area contributed by atoms with Crippen LogP contribution in [0.15, 0.2) is 88.2 Å². The smallest absolute Gasteiger partial charge is 0.416 e. The van der Waals surface area contributed by atoms with E-state index in [1.807, 2.05) is 42.5 Å². The zero-order chi connectivity index (χ0) is 23.9. The van der Waals surface area contributed by atoms with E-state index < -0.39 is 22.9 Å². The maximum absolute atomic E-state index is 13.0. The van der Waals surface area contributed by atoms with Crippen molar-refractivity contribution in [3.8, 4) is 11.3 Å². The monoisotopic (exact) mass is 479 g/mol. The third-order valence-electron chi connectivity index (χ3n) is 5.46. The Hall–Kier alpha value is -3.78. The zero-order valence-electron chi connectivity index (χ0n) is 17.5. The van der Waals surface area contributed by atoms with Crippen molar-refractivity contribution >= 4 is 39.8 Å². The summed E-state index contributed by atoms with van der Waals surface area (Å²) in [5, 5.41) is 1.58. The number of amides is 2. The average molecular weight is 479 g/mol. The molecule has 1 aliphatic rings. The molecule has 1 fully saturated rings. The summed E-state index contributed by atoms with van der Waals surface area (Å²) in [6, 6.07) is 21.3. The largest absolute Gasteiger partial charge is 0.457 e. The second kappa shape index (κ2) is 8.53. The molecular weight excluding hydrogens is 463 g/mol. The molecule has 1 aliphatic heterocycles. The highest BCUT2D eigenvalue weighted by Crippen LogP contribution is 2.36. The molecule has 0 spiro atoms. The molecule has 1 aromatic heterocycles. The lowest BCUT2D eigenvalue weighted by atomic mass is 10.0. The Morgan fingerprint density at radius 1 is 0.912 bits per heavy atom. The van der Waals surface area contributed by atoms with E-state index in [2.05, 4.69) is 0 Å². The standard InChI is InChI=1S/C26H16F3NO3S/c27-26(28,29)19-9-4-7-17(13-19)22-12-11-20(33-22)14-23-24(31)30(25(32)34-23)15-18-8-3-6-16-5-1-2-10-21(16)18/h1-14H,15H2/b23-14-. The number of benzene rings is 3. The van der Waals surface area contributed by atoms with Gasteiger partial charge in [0.25, 0.3) is 11.1 Å². The molecule has 0 unspecified atom stereocenters. The highest BCUT2D eigenvalue weighted by Gasteiger charge is 2.35. The summed E-state index contributed by atoms with van der Waals surface area (Å²) < 4.78 is 44.7. The van der Waals surface area contributed by atoms with Gasteiger partial charge in [-0.15, -0.1) is 0 Å². The van der Waals surface area contributed by atoms with Gasteiger partial charge in [-0.25, -0.2) is 0 Å². The van der Waals surface area contributed by atoms with E-state index in [-0.39, 0.29) is 28.5 Å². The number of rotatable bonds is 4. The first-order valence-corrected chi connectivity index (χ1v) is 11.1. The fourth-order valence-electron chi connectivity index (χ4n) is 3.80. The van der Waals surface area contributed by atoms with Gasteiger partial charge in [-0.1, -0.05) is 54.6 Å². The van der Waals surface area contributed by atoms with Crippen LogP contribution in [0.25, 0.3) is 28.2 Å². The molecule has 4 nitrogen and oxygen atoms in total. The summed E-state index contributed by atoms with van der Waals surface area (Å²) in [6.45, 7) is 0.136. The number of hydrogen-bond acceptors (Lipinski definition) is 4. The third kappa shape index (κ3) is 4.24. The number of halogens is 3. The van der Waals surface area contributed by atoms with Gasteiger partial charge in [0.2, 0.25) is 0 Å². The number of nitrogens with zero attached hydrogens (tertiary/aromatic N) is 1. The van der Waals surface area contributed by atoms with Gasteiger partial charge in [-0.3, -0.25) is 14.5 Å². The predicted molar refractivity (Wildman–Crippen MR) is 125 cm³/mol. The van der Waals surface area contributed by atoms with E-state index in [1.165, 1.54) is 29.2 Å². The van der Waals surface area contributed by atoms with Crippen molar-refractivity contribution in [1.29, 1.82) is 0 Å². The van der Waals surface area contributed by atoms with Crippen LogP contribution in [0.1, 0.15) is 16.9 Å². The summed E-state index contributed by atoms with van der Waals surface area (Å²) in [5.41, 5.74) is 0.336. The first-order valence-electron chi connectivity index (χ1n) is 10.3. The molecule has 2 heterocycles. The summed E-state index contributed by atoms with van der Waals surface area (Å²) in [6.07, 6.45) is -3.03. The van der Waals surface area contributed by atoms with Gasteiger partial charge in [-0.05, 0) is 52.4 Å². The second-order valence-electron chi connectivity index (χ2n) is 7.69. The summed E-state index contributed by atoms with van der Waals surface area (Å²) in [5.74, 6) is 0.0513. The Labute approximate surface area is 196 Å². The first kappa shape index (κ1) is 22.0. The van der Waals surface area contributed by atoms with E-state index in [9.17, 15) is 22.8 Å². The second-order valence-corrected chi connectivity index (χ2v) is 8.68. The molecule has 5 rings (SSSR count). The van der Waals surface area contributed by atoms with Crippen molar-refractivity contribution in [2.45, 2.75) is 12.7 Å². The van der Waals surface area contributed by atoms with Crippen molar-refractivity contribution in [3.63, 3.8) is 0 Å². The molecule has 2 amide bonds. The minimum absolute atomic E-state index is 0.136. The number of carbonyl (C=O) groups excluding carboxylic acids is 2. The lowest BCUT2D eigenvalue weighted by Gasteiger charge is -2.14. The Bertz CT molecular complexity index is 1450. The van der Waals surface area contributed by atoms with E-state index in [0.717, 1.165) is 40.2 Å². The number of furan rings is 1. The van der Waals surface area contributed by atoms with Crippen molar-refractivity contribution in [1.82, 2.24) is 4.90 Å². The molecule has 0 saturated carbocycles. The molecule has 0 atom stereocenters. The molecule has 1 saturated heterocycles. The maximum Gasteiger partial charge on any atom is 0.416 e. The third-order valence-corrected chi connectivity index (χ3v) is 6.36. The quantitative estimate of drug-likeness (QED) is 0.287.